The summed E-state index contributed by atoms with van der Waals surface area (Å²) in [5.41, 5.74) is 0.169. The predicted molar refractivity (Wildman–Crippen MR) is 96.0 cm³/mol. The summed E-state index contributed by atoms with van der Waals surface area (Å²) in [6, 6.07) is 9.39. The second-order valence-corrected chi connectivity index (χ2v) is 8.33. The first-order valence-corrected chi connectivity index (χ1v) is 9.85. The second kappa shape index (κ2) is 7.55. The summed E-state index contributed by atoms with van der Waals surface area (Å²) in [6.45, 7) is 0.554. The molecule has 1 saturated heterocycles. The Morgan fingerprint density at radius 2 is 2.00 bits per heavy atom. The summed E-state index contributed by atoms with van der Waals surface area (Å²) < 4.78 is 45.9. The highest BCUT2D eigenvalue weighted by Gasteiger charge is 2.33. The molecule has 0 aliphatic carbocycles. The average Bonchev–Trinajstić information content (AvgIpc) is 3.07. The molecule has 0 radical (unpaired) electrons. The van der Waals surface area contributed by atoms with E-state index >= 15 is 0 Å². The maximum atomic E-state index is 13.7. The van der Waals surface area contributed by atoms with Gasteiger partial charge in [0.1, 0.15) is 11.9 Å². The maximum Gasteiger partial charge on any atom is 0.233 e. The molecule has 0 N–H and O–H groups in total. The molecule has 2 heterocycles. The Morgan fingerprint density at radius 1 is 1.23 bits per heavy atom. The molecular weight excluding hydrogens is 359 g/mol. The lowest BCUT2D eigenvalue weighted by Crippen LogP contribution is -2.32. The van der Waals surface area contributed by atoms with Crippen LogP contribution in [-0.2, 0) is 15.8 Å². The van der Waals surface area contributed by atoms with Crippen LogP contribution in [0, 0.1) is 5.82 Å². The third-order valence-corrected chi connectivity index (χ3v) is 5.96. The Balaban J connectivity index is 1.61. The van der Waals surface area contributed by atoms with Gasteiger partial charge in [0.2, 0.25) is 15.9 Å². The lowest BCUT2D eigenvalue weighted by Gasteiger charge is -2.17. The first kappa shape index (κ1) is 18.5. The first-order valence-electron chi connectivity index (χ1n) is 8.24. The van der Waals surface area contributed by atoms with E-state index in [1.807, 2.05) is 19.0 Å². The van der Waals surface area contributed by atoms with Gasteiger partial charge in [-0.1, -0.05) is 18.2 Å². The van der Waals surface area contributed by atoms with Crippen LogP contribution in [0.2, 0.25) is 0 Å². The van der Waals surface area contributed by atoms with Crippen LogP contribution in [-0.4, -0.2) is 56.2 Å². The SMILES string of the molecule is CN(C)c1ccc(OC2CCN(S(=O)(=O)Cc3ccccc3F)C2)nn1. The van der Waals surface area contributed by atoms with Gasteiger partial charge >= 0.3 is 0 Å². The lowest BCUT2D eigenvalue weighted by molar-refractivity contribution is 0.204. The molecule has 1 aromatic carbocycles. The summed E-state index contributed by atoms with van der Waals surface area (Å²) in [7, 11) is 0.114. The number of nitrogens with zero attached hydrogens (tertiary/aromatic N) is 4. The van der Waals surface area contributed by atoms with Crippen LogP contribution < -0.4 is 9.64 Å². The van der Waals surface area contributed by atoms with Crippen molar-refractivity contribution in [2.75, 3.05) is 32.1 Å². The zero-order chi connectivity index (χ0) is 18.7. The molecule has 1 atom stereocenters. The van der Waals surface area contributed by atoms with Crippen LogP contribution in [0.15, 0.2) is 36.4 Å². The number of rotatable bonds is 6. The van der Waals surface area contributed by atoms with Crippen molar-refractivity contribution in [1.82, 2.24) is 14.5 Å². The van der Waals surface area contributed by atoms with Crippen molar-refractivity contribution < 1.29 is 17.5 Å². The molecule has 0 bridgehead atoms. The summed E-state index contributed by atoms with van der Waals surface area (Å²) in [4.78, 5) is 1.82. The molecule has 0 amide bonds. The largest absolute Gasteiger partial charge is 0.472 e. The molecule has 1 fully saturated rings. The van der Waals surface area contributed by atoms with Gasteiger partial charge in [0.25, 0.3) is 0 Å². The number of hydrogen-bond acceptors (Lipinski definition) is 6. The molecule has 2 aromatic rings. The van der Waals surface area contributed by atoms with Gasteiger partial charge in [0, 0.05) is 32.3 Å². The Bertz CT molecular complexity index is 859. The van der Waals surface area contributed by atoms with Crippen molar-refractivity contribution in [3.8, 4) is 5.88 Å². The summed E-state index contributed by atoms with van der Waals surface area (Å²) >= 11 is 0. The molecule has 1 unspecified atom stereocenters. The molecule has 140 valence electrons. The molecule has 0 saturated carbocycles. The van der Waals surface area contributed by atoms with Crippen LogP contribution in [0.4, 0.5) is 10.2 Å². The van der Waals surface area contributed by atoms with E-state index in [9.17, 15) is 12.8 Å². The molecule has 9 heteroatoms. The van der Waals surface area contributed by atoms with Crippen molar-refractivity contribution in [2.24, 2.45) is 0 Å². The minimum atomic E-state index is -3.61. The zero-order valence-electron chi connectivity index (χ0n) is 14.7. The highest BCUT2D eigenvalue weighted by atomic mass is 32.2. The third kappa shape index (κ3) is 4.28. The number of sulfonamides is 1. The van der Waals surface area contributed by atoms with Gasteiger partial charge in [-0.2, -0.15) is 4.31 Å². The predicted octanol–water partition coefficient (Wildman–Crippen LogP) is 1.66. The van der Waals surface area contributed by atoms with E-state index in [-0.39, 0.29) is 24.0 Å². The Morgan fingerprint density at radius 3 is 2.65 bits per heavy atom. The molecule has 26 heavy (non-hydrogen) atoms. The van der Waals surface area contributed by atoms with Gasteiger partial charge in [-0.25, -0.2) is 12.8 Å². The van der Waals surface area contributed by atoms with Gasteiger partial charge < -0.3 is 9.64 Å². The van der Waals surface area contributed by atoms with E-state index in [4.69, 9.17) is 4.74 Å². The standard InChI is InChI=1S/C17H21FN4O3S/c1-21(2)16-7-8-17(20-19-16)25-14-9-10-22(11-14)26(23,24)12-13-5-3-4-6-15(13)18/h3-8,14H,9-12H2,1-2H3. The molecule has 1 aromatic heterocycles. The van der Waals surface area contributed by atoms with Crippen molar-refractivity contribution in [2.45, 2.75) is 18.3 Å². The van der Waals surface area contributed by atoms with Gasteiger partial charge in [-0.15, -0.1) is 10.2 Å². The monoisotopic (exact) mass is 380 g/mol. The Hall–Kier alpha value is -2.26. The van der Waals surface area contributed by atoms with Crippen molar-refractivity contribution in [1.29, 1.82) is 0 Å². The topological polar surface area (TPSA) is 75.6 Å². The van der Waals surface area contributed by atoms with Crippen molar-refractivity contribution in [3.05, 3.63) is 47.8 Å². The summed E-state index contributed by atoms with van der Waals surface area (Å²) in [5, 5.41) is 8.03. The molecule has 3 rings (SSSR count). The van der Waals surface area contributed by atoms with E-state index in [2.05, 4.69) is 10.2 Å². The highest BCUT2D eigenvalue weighted by molar-refractivity contribution is 7.88. The van der Waals surface area contributed by atoms with Crippen molar-refractivity contribution >= 4 is 15.8 Å². The minimum absolute atomic E-state index is 0.169. The van der Waals surface area contributed by atoms with Crippen molar-refractivity contribution in [3.63, 3.8) is 0 Å². The molecule has 1 aliphatic rings. The summed E-state index contributed by atoms with van der Waals surface area (Å²) in [5.74, 6) is 0.190. The highest BCUT2D eigenvalue weighted by Crippen LogP contribution is 2.22. The fourth-order valence-electron chi connectivity index (χ4n) is 2.73. The first-order chi connectivity index (χ1) is 12.3. The van der Waals surface area contributed by atoms with Gasteiger partial charge in [-0.3, -0.25) is 0 Å². The van der Waals surface area contributed by atoms with E-state index in [1.54, 1.807) is 18.2 Å². The van der Waals surface area contributed by atoms with Crippen LogP contribution in [0.3, 0.4) is 0 Å². The number of anilines is 1. The van der Waals surface area contributed by atoms with Crippen LogP contribution >= 0.6 is 0 Å². The Labute approximate surface area is 152 Å². The quantitative estimate of drug-likeness (QED) is 0.759. The number of halogens is 1. The van der Waals surface area contributed by atoms with E-state index in [0.717, 1.165) is 0 Å². The van der Waals surface area contributed by atoms with E-state index in [1.165, 1.54) is 22.5 Å². The smallest absolute Gasteiger partial charge is 0.233 e. The molecule has 7 nitrogen and oxygen atoms in total. The van der Waals surface area contributed by atoms with E-state index in [0.29, 0.717) is 24.7 Å². The number of ether oxygens (including phenoxy) is 1. The Kier molecular flexibility index (Phi) is 5.38. The van der Waals surface area contributed by atoms with Crippen LogP contribution in [0.1, 0.15) is 12.0 Å². The minimum Gasteiger partial charge on any atom is -0.472 e. The molecule has 1 aliphatic heterocycles. The fourth-order valence-corrected chi connectivity index (χ4v) is 4.32. The average molecular weight is 380 g/mol. The molecule has 0 spiro atoms. The summed E-state index contributed by atoms with van der Waals surface area (Å²) in [6.07, 6.45) is 0.248. The lowest BCUT2D eigenvalue weighted by atomic mass is 10.2. The van der Waals surface area contributed by atoms with Gasteiger partial charge in [0.05, 0.1) is 12.3 Å². The van der Waals surface area contributed by atoms with Crippen LogP contribution in [0.25, 0.3) is 0 Å². The van der Waals surface area contributed by atoms with Crippen LogP contribution in [0.5, 0.6) is 5.88 Å². The van der Waals surface area contributed by atoms with E-state index < -0.39 is 15.8 Å². The number of aromatic nitrogens is 2. The maximum absolute atomic E-state index is 13.7. The second-order valence-electron chi connectivity index (χ2n) is 6.36. The molecular formula is C17H21FN4O3S. The fraction of sp³-hybridized carbons (Fsp3) is 0.412. The zero-order valence-corrected chi connectivity index (χ0v) is 15.5. The number of benzene rings is 1. The third-order valence-electron chi connectivity index (χ3n) is 4.17. The van der Waals surface area contributed by atoms with Gasteiger partial charge in [-0.05, 0) is 18.6 Å². The number of hydrogen-bond donors (Lipinski definition) is 0. The normalized spacial score (nSPS) is 18.0. The van der Waals surface area contributed by atoms with Gasteiger partial charge in [0.15, 0.2) is 5.82 Å².